The molecule has 0 atom stereocenters. The van der Waals surface area contributed by atoms with Gasteiger partial charge in [-0.25, -0.2) is 14.2 Å². The number of benzene rings is 2. The van der Waals surface area contributed by atoms with Crippen LogP contribution in [0.25, 0.3) is 0 Å². The van der Waals surface area contributed by atoms with Crippen molar-refractivity contribution in [3.63, 3.8) is 0 Å². The number of nitrogens with zero attached hydrogens (tertiary/aromatic N) is 2. The second-order valence-electron chi connectivity index (χ2n) is 4.81. The van der Waals surface area contributed by atoms with E-state index in [0.717, 1.165) is 5.56 Å². The molecule has 0 saturated carbocycles. The summed E-state index contributed by atoms with van der Waals surface area (Å²) in [6.45, 7) is 0.388. The summed E-state index contributed by atoms with van der Waals surface area (Å²) >= 11 is 11.4. The molecule has 2 rings (SSSR count). The summed E-state index contributed by atoms with van der Waals surface area (Å²) in [5.74, 6) is -0.836. The highest BCUT2D eigenvalue weighted by molar-refractivity contribution is 6.31. The maximum absolute atomic E-state index is 13.0. The van der Waals surface area contributed by atoms with Crippen LogP contribution in [0.15, 0.2) is 46.5 Å². The van der Waals surface area contributed by atoms with Gasteiger partial charge in [0.25, 0.3) is 0 Å². The zero-order valence-electron chi connectivity index (χ0n) is 12.4. The first-order valence-electron chi connectivity index (χ1n) is 6.93. The van der Waals surface area contributed by atoms with Crippen molar-refractivity contribution in [1.29, 1.82) is 0 Å². The number of halogens is 4. The van der Waals surface area contributed by atoms with E-state index >= 15 is 0 Å². The van der Waals surface area contributed by atoms with Crippen LogP contribution in [0.3, 0.4) is 0 Å². The smallest absolute Gasteiger partial charge is 0.209 e. The molecule has 0 radical (unpaired) electrons. The van der Waals surface area contributed by atoms with Gasteiger partial charge >= 0.3 is 0 Å². The Morgan fingerprint density at radius 1 is 1.08 bits per heavy atom. The van der Waals surface area contributed by atoms with Gasteiger partial charge in [-0.05, 0) is 41.8 Å². The van der Waals surface area contributed by atoms with E-state index in [2.05, 4.69) is 15.5 Å². The molecule has 0 aliphatic heterocycles. The number of guanidine groups is 1. The van der Waals surface area contributed by atoms with Gasteiger partial charge in [-0.2, -0.15) is 5.10 Å². The average molecular weight is 371 g/mol. The lowest BCUT2D eigenvalue weighted by molar-refractivity contribution is 0.627. The van der Waals surface area contributed by atoms with E-state index in [9.17, 15) is 8.78 Å². The molecule has 0 unspecified atom stereocenters. The van der Waals surface area contributed by atoms with Crippen LogP contribution < -0.4 is 11.2 Å². The highest BCUT2D eigenvalue weighted by atomic mass is 35.5. The lowest BCUT2D eigenvalue weighted by Gasteiger charge is -2.02. The molecule has 4 nitrogen and oxygen atoms in total. The van der Waals surface area contributed by atoms with E-state index in [0.29, 0.717) is 18.5 Å². The first kappa shape index (κ1) is 18.2. The Kier molecular flexibility index (Phi) is 6.52. The van der Waals surface area contributed by atoms with E-state index in [1.54, 1.807) is 12.1 Å². The van der Waals surface area contributed by atoms with Gasteiger partial charge in [-0.1, -0.05) is 35.3 Å². The maximum Gasteiger partial charge on any atom is 0.209 e. The average Bonchev–Trinajstić information content (AvgIpc) is 2.54. The van der Waals surface area contributed by atoms with Crippen LogP contribution in [0.2, 0.25) is 10.0 Å². The largest absolute Gasteiger partial charge is 0.369 e. The molecule has 3 N–H and O–H groups in total. The minimum atomic E-state index is -0.497. The molecule has 0 aliphatic carbocycles. The van der Waals surface area contributed by atoms with Crippen LogP contribution in [-0.4, -0.2) is 18.7 Å². The monoisotopic (exact) mass is 370 g/mol. The summed E-state index contributed by atoms with van der Waals surface area (Å²) in [6.07, 6.45) is 1.99. The number of aliphatic imine (C=N–C) groups is 1. The van der Waals surface area contributed by atoms with Gasteiger partial charge in [0.15, 0.2) is 0 Å². The molecule has 24 heavy (non-hydrogen) atoms. The van der Waals surface area contributed by atoms with Gasteiger partial charge in [0.2, 0.25) is 5.96 Å². The Morgan fingerprint density at radius 2 is 1.75 bits per heavy atom. The van der Waals surface area contributed by atoms with Crippen LogP contribution in [0, 0.1) is 11.6 Å². The molecule has 0 amide bonds. The molecule has 0 spiro atoms. The first-order valence-corrected chi connectivity index (χ1v) is 7.69. The topological polar surface area (TPSA) is 62.8 Å². The second-order valence-corrected chi connectivity index (χ2v) is 5.62. The fourth-order valence-electron chi connectivity index (χ4n) is 1.80. The minimum Gasteiger partial charge on any atom is -0.369 e. The minimum absolute atomic E-state index is 0.0125. The van der Waals surface area contributed by atoms with E-state index < -0.39 is 11.6 Å². The summed E-state index contributed by atoms with van der Waals surface area (Å²) in [5.41, 5.74) is 9.67. The molecule has 126 valence electrons. The van der Waals surface area contributed by atoms with Crippen LogP contribution >= 0.6 is 23.2 Å². The summed E-state index contributed by atoms with van der Waals surface area (Å²) < 4.78 is 26.1. The molecule has 0 aromatic heterocycles. The van der Waals surface area contributed by atoms with E-state index in [4.69, 9.17) is 28.9 Å². The summed E-state index contributed by atoms with van der Waals surface area (Å²) in [6, 6.07) is 8.70. The molecule has 0 saturated heterocycles. The molecular formula is C16H14Cl2F2N4. The van der Waals surface area contributed by atoms with Gasteiger partial charge in [-0.15, -0.1) is 0 Å². The molecule has 0 aliphatic rings. The summed E-state index contributed by atoms with van der Waals surface area (Å²) in [5, 5.41) is 3.97. The Morgan fingerprint density at radius 3 is 2.42 bits per heavy atom. The van der Waals surface area contributed by atoms with Crippen molar-refractivity contribution in [2.24, 2.45) is 15.8 Å². The Hall–Kier alpha value is -2.18. The first-order chi connectivity index (χ1) is 11.5. The molecule has 2 aromatic carbocycles. The van der Waals surface area contributed by atoms with Crippen molar-refractivity contribution in [2.45, 2.75) is 6.42 Å². The van der Waals surface area contributed by atoms with Crippen LogP contribution in [0.5, 0.6) is 0 Å². The lowest BCUT2D eigenvalue weighted by atomic mass is 10.1. The Balaban J connectivity index is 1.83. The summed E-state index contributed by atoms with van der Waals surface area (Å²) in [4.78, 5) is 4.08. The van der Waals surface area contributed by atoms with Gasteiger partial charge in [0.1, 0.15) is 11.6 Å². The van der Waals surface area contributed by atoms with Crippen LogP contribution in [-0.2, 0) is 6.42 Å². The third-order valence-corrected chi connectivity index (χ3v) is 3.58. The van der Waals surface area contributed by atoms with E-state index in [1.165, 1.54) is 30.5 Å². The van der Waals surface area contributed by atoms with E-state index in [1.807, 2.05) is 0 Å². The van der Waals surface area contributed by atoms with Gasteiger partial charge < -0.3 is 5.73 Å². The highest BCUT2D eigenvalue weighted by Crippen LogP contribution is 2.16. The van der Waals surface area contributed by atoms with Crippen LogP contribution in [0.1, 0.15) is 11.1 Å². The number of hydrogen-bond acceptors (Lipinski definition) is 2. The lowest BCUT2D eigenvalue weighted by Crippen LogP contribution is -2.27. The predicted octanol–water partition coefficient (Wildman–Crippen LogP) is 3.75. The molecule has 0 heterocycles. The molecule has 0 bridgehead atoms. The quantitative estimate of drug-likeness (QED) is 0.478. The van der Waals surface area contributed by atoms with Gasteiger partial charge in [-0.3, -0.25) is 4.99 Å². The SMILES string of the molecule is NC(=NCCc1ccc(F)c(Cl)c1)NN=Cc1ccc(F)c(Cl)c1. The fourth-order valence-corrected chi connectivity index (χ4v) is 2.19. The number of nitrogens with one attached hydrogen (secondary N) is 1. The molecule has 0 fully saturated rings. The van der Waals surface area contributed by atoms with E-state index in [-0.39, 0.29) is 16.0 Å². The third kappa shape index (κ3) is 5.47. The fraction of sp³-hybridized carbons (Fsp3) is 0.125. The molecular weight excluding hydrogens is 357 g/mol. The van der Waals surface area contributed by atoms with Crippen LogP contribution in [0.4, 0.5) is 8.78 Å². The highest BCUT2D eigenvalue weighted by Gasteiger charge is 2.01. The number of hydrogen-bond donors (Lipinski definition) is 2. The standard InChI is InChI=1S/C16H14Cl2F2N4/c17-12-7-10(1-3-14(12)19)5-6-22-16(21)24-23-9-11-2-4-15(20)13(18)8-11/h1-4,7-9H,5-6H2,(H3,21,22,24). The number of rotatable bonds is 5. The van der Waals surface area contributed by atoms with Crippen molar-refractivity contribution in [3.05, 3.63) is 69.2 Å². The zero-order chi connectivity index (χ0) is 17.5. The molecule has 8 heteroatoms. The van der Waals surface area contributed by atoms with Crippen molar-refractivity contribution >= 4 is 35.4 Å². The Bertz CT molecular complexity index is 779. The summed E-state index contributed by atoms with van der Waals surface area (Å²) in [7, 11) is 0. The van der Waals surface area contributed by atoms with Crippen molar-refractivity contribution < 1.29 is 8.78 Å². The number of nitrogens with two attached hydrogens (primary N) is 1. The molecule has 2 aromatic rings. The van der Waals surface area contributed by atoms with Crippen molar-refractivity contribution in [2.75, 3.05) is 6.54 Å². The predicted molar refractivity (Wildman–Crippen MR) is 93.7 cm³/mol. The Labute approximate surface area is 148 Å². The normalized spacial score (nSPS) is 11.9. The van der Waals surface area contributed by atoms with Crippen molar-refractivity contribution in [1.82, 2.24) is 5.43 Å². The van der Waals surface area contributed by atoms with Gasteiger partial charge in [0, 0.05) is 6.54 Å². The zero-order valence-corrected chi connectivity index (χ0v) is 14.0. The second kappa shape index (κ2) is 8.61. The third-order valence-electron chi connectivity index (χ3n) is 3.00. The maximum atomic E-state index is 13.0. The van der Waals surface area contributed by atoms with Crippen molar-refractivity contribution in [3.8, 4) is 0 Å². The number of hydrazone groups is 1. The van der Waals surface area contributed by atoms with Gasteiger partial charge in [0.05, 0.1) is 16.3 Å².